The van der Waals surface area contributed by atoms with Crippen molar-refractivity contribution < 1.29 is 0 Å². The van der Waals surface area contributed by atoms with Gasteiger partial charge in [-0.15, -0.1) is 0 Å². The molecule has 3 N–H and O–H groups in total. The molecular formula is C26H36N6. The molecule has 0 saturated heterocycles. The number of nitrogens with one attached hydrogen (secondary N) is 3. The lowest BCUT2D eigenvalue weighted by Crippen LogP contribution is -2.32. The number of aromatic amines is 2. The summed E-state index contributed by atoms with van der Waals surface area (Å²) in [5.74, 6) is 1.69. The zero-order valence-corrected chi connectivity index (χ0v) is 20.0. The van der Waals surface area contributed by atoms with E-state index in [0.717, 1.165) is 52.2 Å². The third-order valence-corrected chi connectivity index (χ3v) is 6.44. The number of H-pyrrole nitrogens is 2. The molecule has 0 unspecified atom stereocenters. The number of hydrogen-bond acceptors (Lipinski definition) is 4. The summed E-state index contributed by atoms with van der Waals surface area (Å²) < 4.78 is 0. The van der Waals surface area contributed by atoms with Gasteiger partial charge in [0.15, 0.2) is 5.65 Å². The molecule has 3 heterocycles. The maximum atomic E-state index is 4.57. The fourth-order valence-corrected chi connectivity index (χ4v) is 4.81. The van der Waals surface area contributed by atoms with Crippen molar-refractivity contribution in [1.29, 1.82) is 0 Å². The maximum absolute atomic E-state index is 4.57. The number of hydrogen-bond donors (Lipinski definition) is 3. The van der Waals surface area contributed by atoms with Crippen LogP contribution >= 0.6 is 0 Å². The summed E-state index contributed by atoms with van der Waals surface area (Å²) in [5.41, 5.74) is 6.39. The van der Waals surface area contributed by atoms with Crippen LogP contribution < -0.4 is 5.32 Å². The molecule has 3 aromatic heterocycles. The number of imidazole rings is 1. The quantitative estimate of drug-likeness (QED) is 0.349. The van der Waals surface area contributed by atoms with Crippen LogP contribution in [0.1, 0.15) is 57.3 Å². The molecular weight excluding hydrogens is 396 g/mol. The fraction of sp³-hybridized carbons (Fsp3) is 0.462. The van der Waals surface area contributed by atoms with Crippen LogP contribution in [0.3, 0.4) is 0 Å². The molecule has 5 rings (SSSR count). The summed E-state index contributed by atoms with van der Waals surface area (Å²) >= 11 is 0. The van der Waals surface area contributed by atoms with Gasteiger partial charge < -0.3 is 15.3 Å². The number of anilines is 1. The van der Waals surface area contributed by atoms with Crippen molar-refractivity contribution in [2.24, 2.45) is 0 Å². The lowest BCUT2D eigenvalue weighted by molar-refractivity contribution is 0.184. The van der Waals surface area contributed by atoms with Crippen molar-refractivity contribution in [3.8, 4) is 11.3 Å². The first-order valence-electron chi connectivity index (χ1n) is 12.0. The van der Waals surface area contributed by atoms with E-state index < -0.39 is 0 Å². The number of pyridine rings is 1. The van der Waals surface area contributed by atoms with E-state index in [1.807, 2.05) is 27.8 Å². The molecule has 4 aromatic rings. The van der Waals surface area contributed by atoms with E-state index in [1.165, 1.54) is 43.1 Å². The summed E-state index contributed by atoms with van der Waals surface area (Å²) in [6.07, 6.45) is 6.81. The Labute approximate surface area is 190 Å². The van der Waals surface area contributed by atoms with Crippen molar-refractivity contribution >= 4 is 27.9 Å². The molecule has 170 valence electrons. The largest absolute Gasteiger partial charge is 0.373 e. The highest BCUT2D eigenvalue weighted by atomic mass is 15.1. The van der Waals surface area contributed by atoms with Gasteiger partial charge in [-0.3, -0.25) is 4.90 Å². The number of aromatic nitrogens is 4. The standard InChI is InChI=1S/C24H30N6.C2H6/c1-15-26-23-19(13-22(25-2)29-24(23)27-15)21-12-17-11-16(9-10-20(17)28-21)14-30(3)18-7-5-4-6-8-18;1-2/h9-13,18,28H,4-8,14H2,1-3H3,(H2,25,26,27,29);1-2H3. The first-order valence-corrected chi connectivity index (χ1v) is 12.0. The average Bonchev–Trinajstić information content (AvgIpc) is 3.42. The SMILES string of the molecule is CC.CNc1cc(-c2cc3cc(CN(C)C4CCCCC4)ccc3[nH]2)c2[nH]c(C)nc2n1. The minimum absolute atomic E-state index is 0.727. The van der Waals surface area contributed by atoms with Crippen molar-refractivity contribution in [3.63, 3.8) is 0 Å². The summed E-state index contributed by atoms with van der Waals surface area (Å²) in [6, 6.07) is 11.8. The normalized spacial score (nSPS) is 14.7. The molecule has 0 spiro atoms. The Morgan fingerprint density at radius 2 is 1.81 bits per heavy atom. The topological polar surface area (TPSA) is 72.6 Å². The van der Waals surface area contributed by atoms with E-state index in [2.05, 4.69) is 67.5 Å². The molecule has 1 saturated carbocycles. The summed E-state index contributed by atoms with van der Waals surface area (Å²) in [6.45, 7) is 6.97. The van der Waals surface area contributed by atoms with Gasteiger partial charge in [0.2, 0.25) is 0 Å². The molecule has 1 fully saturated rings. The predicted octanol–water partition coefficient (Wildman–Crippen LogP) is 6.25. The van der Waals surface area contributed by atoms with Gasteiger partial charge in [0.25, 0.3) is 0 Å². The molecule has 1 aliphatic carbocycles. The second-order valence-corrected chi connectivity index (χ2v) is 8.64. The fourth-order valence-electron chi connectivity index (χ4n) is 4.81. The van der Waals surface area contributed by atoms with Crippen molar-refractivity contribution in [1.82, 2.24) is 24.8 Å². The van der Waals surface area contributed by atoms with Gasteiger partial charge in [-0.1, -0.05) is 39.2 Å². The molecule has 6 heteroatoms. The molecule has 0 radical (unpaired) electrons. The van der Waals surface area contributed by atoms with Gasteiger partial charge in [0.1, 0.15) is 11.6 Å². The van der Waals surface area contributed by atoms with E-state index in [-0.39, 0.29) is 0 Å². The molecule has 0 aliphatic heterocycles. The zero-order chi connectivity index (χ0) is 22.7. The Morgan fingerprint density at radius 3 is 2.56 bits per heavy atom. The van der Waals surface area contributed by atoms with Crippen LogP contribution in [-0.2, 0) is 6.54 Å². The van der Waals surface area contributed by atoms with E-state index >= 15 is 0 Å². The van der Waals surface area contributed by atoms with Gasteiger partial charge in [-0.25, -0.2) is 9.97 Å². The first kappa shape index (κ1) is 22.3. The molecule has 0 bridgehead atoms. The van der Waals surface area contributed by atoms with Crippen molar-refractivity contribution in [3.05, 3.63) is 41.7 Å². The highest BCUT2D eigenvalue weighted by Gasteiger charge is 2.18. The third kappa shape index (κ3) is 4.51. The second-order valence-electron chi connectivity index (χ2n) is 8.64. The highest BCUT2D eigenvalue weighted by molar-refractivity contribution is 5.95. The minimum atomic E-state index is 0.727. The molecule has 32 heavy (non-hydrogen) atoms. The van der Waals surface area contributed by atoms with Crippen LogP contribution in [0.2, 0.25) is 0 Å². The zero-order valence-electron chi connectivity index (χ0n) is 20.0. The monoisotopic (exact) mass is 432 g/mol. The molecule has 0 atom stereocenters. The lowest BCUT2D eigenvalue weighted by Gasteiger charge is -2.31. The molecule has 6 nitrogen and oxygen atoms in total. The van der Waals surface area contributed by atoms with Crippen LogP contribution in [0, 0.1) is 6.92 Å². The lowest BCUT2D eigenvalue weighted by atomic mass is 9.94. The van der Waals surface area contributed by atoms with Gasteiger partial charge in [-0.05, 0) is 56.6 Å². The summed E-state index contributed by atoms with van der Waals surface area (Å²) in [5, 5.41) is 4.39. The Morgan fingerprint density at radius 1 is 1.03 bits per heavy atom. The molecule has 0 amide bonds. The number of aryl methyl sites for hydroxylation is 1. The highest BCUT2D eigenvalue weighted by Crippen LogP contribution is 2.31. The molecule has 1 aliphatic rings. The minimum Gasteiger partial charge on any atom is -0.373 e. The van der Waals surface area contributed by atoms with Gasteiger partial charge in [0, 0.05) is 41.8 Å². The van der Waals surface area contributed by atoms with E-state index in [0.29, 0.717) is 0 Å². The van der Waals surface area contributed by atoms with Crippen LogP contribution in [-0.4, -0.2) is 45.0 Å². The van der Waals surface area contributed by atoms with Crippen molar-refractivity contribution in [2.75, 3.05) is 19.4 Å². The Hall–Kier alpha value is -2.86. The van der Waals surface area contributed by atoms with Gasteiger partial charge in [-0.2, -0.15) is 0 Å². The number of benzene rings is 1. The Bertz CT molecular complexity index is 1180. The van der Waals surface area contributed by atoms with E-state index in [4.69, 9.17) is 0 Å². The van der Waals surface area contributed by atoms with E-state index in [1.54, 1.807) is 0 Å². The Kier molecular flexibility index (Phi) is 6.80. The van der Waals surface area contributed by atoms with E-state index in [9.17, 15) is 0 Å². The summed E-state index contributed by atoms with van der Waals surface area (Å²) in [4.78, 5) is 18.6. The number of fused-ring (bicyclic) bond motifs is 2. The van der Waals surface area contributed by atoms with Crippen LogP contribution in [0.15, 0.2) is 30.3 Å². The van der Waals surface area contributed by atoms with Gasteiger partial charge >= 0.3 is 0 Å². The molecule has 1 aromatic carbocycles. The predicted molar refractivity (Wildman–Crippen MR) is 135 cm³/mol. The summed E-state index contributed by atoms with van der Waals surface area (Å²) in [7, 11) is 4.16. The second kappa shape index (κ2) is 9.74. The number of nitrogens with zero attached hydrogens (tertiary/aromatic N) is 3. The van der Waals surface area contributed by atoms with Crippen LogP contribution in [0.4, 0.5) is 5.82 Å². The van der Waals surface area contributed by atoms with Crippen LogP contribution in [0.25, 0.3) is 33.3 Å². The van der Waals surface area contributed by atoms with Crippen LogP contribution in [0.5, 0.6) is 0 Å². The number of rotatable bonds is 5. The maximum Gasteiger partial charge on any atom is 0.180 e. The van der Waals surface area contributed by atoms with Gasteiger partial charge in [0.05, 0.1) is 5.52 Å². The smallest absolute Gasteiger partial charge is 0.180 e. The Balaban J connectivity index is 0.00000119. The third-order valence-electron chi connectivity index (χ3n) is 6.44. The van der Waals surface area contributed by atoms with Crippen molar-refractivity contribution in [2.45, 2.75) is 65.5 Å². The average molecular weight is 433 g/mol. The first-order chi connectivity index (χ1) is 15.6.